The van der Waals surface area contributed by atoms with E-state index in [9.17, 15) is 0 Å². The lowest BCUT2D eigenvalue weighted by Crippen LogP contribution is -2.29. The molecule has 0 spiro atoms. The number of hydrogen-bond donors (Lipinski definition) is 0. The van der Waals surface area contributed by atoms with Crippen molar-refractivity contribution in [3.05, 3.63) is 35.4 Å². The van der Waals surface area contributed by atoms with Crippen molar-refractivity contribution in [2.75, 3.05) is 0 Å². The van der Waals surface area contributed by atoms with Crippen molar-refractivity contribution in [2.45, 2.75) is 69.5 Å². The highest BCUT2D eigenvalue weighted by molar-refractivity contribution is 9.09. The third kappa shape index (κ3) is 3.55. The lowest BCUT2D eigenvalue weighted by Gasteiger charge is -2.41. The normalized spacial score (nSPS) is 31.0. The number of hydrogen-bond acceptors (Lipinski definition) is 0. The first-order chi connectivity index (χ1) is 10.1. The Morgan fingerprint density at radius 3 is 2.14 bits per heavy atom. The highest BCUT2D eigenvalue weighted by Gasteiger charge is 2.35. The van der Waals surface area contributed by atoms with Crippen LogP contribution < -0.4 is 0 Å². The molecule has 2 saturated carbocycles. The first kappa shape index (κ1) is 15.6. The molecule has 0 bridgehead atoms. The monoisotopic (exact) mass is 348 g/mol. The Balaban J connectivity index is 1.65. The van der Waals surface area contributed by atoms with E-state index < -0.39 is 0 Å². The number of halogens is 1. The lowest BCUT2D eigenvalue weighted by atomic mass is 9.66. The third-order valence-corrected chi connectivity index (χ3v) is 7.19. The third-order valence-electron chi connectivity index (χ3n) is 5.92. The Bertz CT molecular complexity index is 447. The van der Waals surface area contributed by atoms with Crippen LogP contribution in [-0.2, 0) is 0 Å². The zero-order chi connectivity index (χ0) is 14.8. The summed E-state index contributed by atoms with van der Waals surface area (Å²) >= 11 is 4.03. The molecule has 0 amide bonds. The molecule has 4 unspecified atom stereocenters. The molecule has 4 atom stereocenters. The smallest absolute Gasteiger partial charge is 0.0423 e. The van der Waals surface area contributed by atoms with E-state index in [1.54, 1.807) is 0 Å². The summed E-state index contributed by atoms with van der Waals surface area (Å²) in [5.74, 6) is 3.55. The fraction of sp³-hybridized carbons (Fsp3) is 0.700. The molecule has 2 aliphatic rings. The molecule has 3 rings (SSSR count). The summed E-state index contributed by atoms with van der Waals surface area (Å²) in [6.45, 7) is 4.54. The van der Waals surface area contributed by atoms with Gasteiger partial charge in [0.05, 0.1) is 0 Å². The molecule has 0 nitrogen and oxygen atoms in total. The summed E-state index contributed by atoms with van der Waals surface area (Å²) in [5, 5.41) is 0. The van der Waals surface area contributed by atoms with Crippen LogP contribution in [-0.4, -0.2) is 0 Å². The molecular formula is C20H29Br. The van der Waals surface area contributed by atoms with Gasteiger partial charge in [0.15, 0.2) is 0 Å². The summed E-state index contributed by atoms with van der Waals surface area (Å²) < 4.78 is 0. The highest BCUT2D eigenvalue weighted by atomic mass is 79.9. The van der Waals surface area contributed by atoms with Gasteiger partial charge in [-0.05, 0) is 54.1 Å². The Morgan fingerprint density at radius 1 is 0.857 bits per heavy atom. The standard InChI is InChI=1S/C20H29Br/c1-14(2)15-7-10-17(11-8-15)20(21)19-12-9-16-5-3-4-6-18(16)13-19/h7-8,10-11,14,16,18-20H,3-6,9,12-13H2,1-2H3. The number of alkyl halides is 1. The van der Waals surface area contributed by atoms with Crippen molar-refractivity contribution < 1.29 is 0 Å². The number of benzene rings is 1. The molecule has 0 heterocycles. The maximum atomic E-state index is 4.03. The van der Waals surface area contributed by atoms with E-state index >= 15 is 0 Å². The van der Waals surface area contributed by atoms with Gasteiger partial charge in [-0.2, -0.15) is 0 Å². The Hall–Kier alpha value is -0.300. The van der Waals surface area contributed by atoms with E-state index in [-0.39, 0.29) is 0 Å². The molecule has 0 saturated heterocycles. The summed E-state index contributed by atoms with van der Waals surface area (Å²) in [7, 11) is 0. The Labute approximate surface area is 138 Å². The summed E-state index contributed by atoms with van der Waals surface area (Å²) in [5.41, 5.74) is 2.94. The molecule has 0 radical (unpaired) electrons. The van der Waals surface area contributed by atoms with Gasteiger partial charge in [-0.1, -0.05) is 79.7 Å². The molecule has 1 aromatic rings. The van der Waals surface area contributed by atoms with Crippen molar-refractivity contribution in [2.24, 2.45) is 17.8 Å². The molecular weight excluding hydrogens is 320 g/mol. The molecule has 21 heavy (non-hydrogen) atoms. The molecule has 2 fully saturated rings. The zero-order valence-electron chi connectivity index (χ0n) is 13.5. The van der Waals surface area contributed by atoms with E-state index in [1.807, 2.05) is 0 Å². The van der Waals surface area contributed by atoms with Gasteiger partial charge in [-0.15, -0.1) is 0 Å². The minimum absolute atomic E-state index is 0.557. The molecule has 0 aromatic heterocycles. The SMILES string of the molecule is CC(C)c1ccc(C(Br)C2CCC3CCCCC3C2)cc1. The first-order valence-corrected chi connectivity index (χ1v) is 9.80. The lowest BCUT2D eigenvalue weighted by molar-refractivity contribution is 0.129. The van der Waals surface area contributed by atoms with Crippen molar-refractivity contribution in [3.8, 4) is 0 Å². The fourth-order valence-electron chi connectivity index (χ4n) is 4.51. The molecule has 0 N–H and O–H groups in total. The molecule has 2 aliphatic carbocycles. The highest BCUT2D eigenvalue weighted by Crippen LogP contribution is 2.48. The second-order valence-electron chi connectivity index (χ2n) is 7.60. The maximum absolute atomic E-state index is 4.03. The van der Waals surface area contributed by atoms with Gasteiger partial charge in [0.25, 0.3) is 0 Å². The minimum Gasteiger partial charge on any atom is -0.0836 e. The van der Waals surface area contributed by atoms with Crippen LogP contribution in [0.3, 0.4) is 0 Å². The van der Waals surface area contributed by atoms with Crippen molar-refractivity contribution in [1.29, 1.82) is 0 Å². The van der Waals surface area contributed by atoms with E-state index in [4.69, 9.17) is 0 Å². The van der Waals surface area contributed by atoms with Crippen molar-refractivity contribution in [1.82, 2.24) is 0 Å². The average Bonchev–Trinajstić information content (AvgIpc) is 2.54. The van der Waals surface area contributed by atoms with Crippen molar-refractivity contribution >= 4 is 15.9 Å². The largest absolute Gasteiger partial charge is 0.0836 e. The van der Waals surface area contributed by atoms with Gasteiger partial charge in [0.2, 0.25) is 0 Å². The van der Waals surface area contributed by atoms with E-state index in [1.165, 1.54) is 56.1 Å². The van der Waals surface area contributed by atoms with E-state index in [2.05, 4.69) is 54.0 Å². The molecule has 116 valence electrons. The average molecular weight is 349 g/mol. The van der Waals surface area contributed by atoms with Crippen LogP contribution in [0.4, 0.5) is 0 Å². The summed E-state index contributed by atoms with van der Waals surface area (Å²) in [6, 6.07) is 9.34. The van der Waals surface area contributed by atoms with Crippen LogP contribution in [0.25, 0.3) is 0 Å². The number of rotatable bonds is 3. The van der Waals surface area contributed by atoms with Gasteiger partial charge < -0.3 is 0 Å². The summed E-state index contributed by atoms with van der Waals surface area (Å²) in [4.78, 5) is 0.557. The second-order valence-corrected chi connectivity index (χ2v) is 8.59. The maximum Gasteiger partial charge on any atom is 0.0423 e. The van der Waals surface area contributed by atoms with Crippen LogP contribution in [0.5, 0.6) is 0 Å². The van der Waals surface area contributed by atoms with Crippen LogP contribution in [0.2, 0.25) is 0 Å². The zero-order valence-corrected chi connectivity index (χ0v) is 15.1. The van der Waals surface area contributed by atoms with Gasteiger partial charge in [-0.3, -0.25) is 0 Å². The van der Waals surface area contributed by atoms with Gasteiger partial charge in [0, 0.05) is 4.83 Å². The fourth-order valence-corrected chi connectivity index (χ4v) is 5.30. The van der Waals surface area contributed by atoms with Crippen LogP contribution in [0.1, 0.15) is 80.7 Å². The quantitative estimate of drug-likeness (QED) is 0.523. The van der Waals surface area contributed by atoms with E-state index in [0.717, 1.165) is 17.8 Å². The topological polar surface area (TPSA) is 0 Å². The van der Waals surface area contributed by atoms with Gasteiger partial charge in [-0.25, -0.2) is 0 Å². The van der Waals surface area contributed by atoms with Crippen LogP contribution in [0.15, 0.2) is 24.3 Å². The van der Waals surface area contributed by atoms with Crippen molar-refractivity contribution in [3.63, 3.8) is 0 Å². The summed E-state index contributed by atoms with van der Waals surface area (Å²) in [6.07, 6.45) is 10.3. The van der Waals surface area contributed by atoms with Gasteiger partial charge >= 0.3 is 0 Å². The second kappa shape index (κ2) is 6.86. The molecule has 1 heteroatoms. The molecule has 0 aliphatic heterocycles. The predicted octanol–water partition coefficient (Wildman–Crippen LogP) is 6.85. The first-order valence-electron chi connectivity index (χ1n) is 8.89. The number of fused-ring (bicyclic) bond motifs is 1. The van der Waals surface area contributed by atoms with E-state index in [0.29, 0.717) is 10.7 Å². The Kier molecular flexibility index (Phi) is 5.09. The molecule has 1 aromatic carbocycles. The van der Waals surface area contributed by atoms with Crippen LogP contribution >= 0.6 is 15.9 Å². The van der Waals surface area contributed by atoms with Gasteiger partial charge in [0.1, 0.15) is 0 Å². The predicted molar refractivity (Wildman–Crippen MR) is 95.0 cm³/mol. The van der Waals surface area contributed by atoms with Crippen LogP contribution in [0, 0.1) is 17.8 Å². The minimum atomic E-state index is 0.557. The Morgan fingerprint density at radius 2 is 1.48 bits per heavy atom.